The van der Waals surface area contributed by atoms with Crippen molar-refractivity contribution in [3.8, 4) is 17.3 Å². The van der Waals surface area contributed by atoms with E-state index in [-0.39, 0.29) is 0 Å². The maximum absolute atomic E-state index is 9.75. The van der Waals surface area contributed by atoms with Gasteiger partial charge in [-0.2, -0.15) is 0 Å². The average Bonchev–Trinajstić information content (AvgIpc) is 2.54. The third kappa shape index (κ3) is 5.26. The van der Waals surface area contributed by atoms with Gasteiger partial charge in [-0.3, -0.25) is 4.42 Å². The Bertz CT molecular complexity index is 785. The largest absolute Gasteiger partial charge is 0.673 e. The van der Waals surface area contributed by atoms with Crippen molar-refractivity contribution in [2.75, 3.05) is 6.61 Å². The number of hydrogen-bond acceptors (Lipinski definition) is 1. The molecule has 3 aromatic rings. The molecule has 0 fully saturated rings. The standard InChI is InChI=1S/C17H15O2.BF4/c1-2-18-17-15-11-7-6-10-14(15)12-16(19-17)13-8-4-3-5-9-13;2-1(3,4)5/h3-12H,2H2,1H3;/q+1;-1. The summed E-state index contributed by atoms with van der Waals surface area (Å²) >= 11 is 0. The van der Waals surface area contributed by atoms with Crippen LogP contribution in [0.3, 0.4) is 0 Å². The predicted molar refractivity (Wildman–Crippen MR) is 87.4 cm³/mol. The van der Waals surface area contributed by atoms with Crippen molar-refractivity contribution in [3.05, 3.63) is 60.7 Å². The molecule has 0 aliphatic rings. The van der Waals surface area contributed by atoms with Crippen molar-refractivity contribution in [2.45, 2.75) is 6.92 Å². The van der Waals surface area contributed by atoms with Gasteiger partial charge in [-0.05, 0) is 25.1 Å². The van der Waals surface area contributed by atoms with Crippen LogP contribution in [0.1, 0.15) is 6.92 Å². The number of rotatable bonds is 3. The summed E-state index contributed by atoms with van der Waals surface area (Å²) in [7, 11) is -6.00. The molecule has 0 radical (unpaired) electrons. The Hall–Kier alpha value is -2.57. The molecule has 0 bridgehead atoms. The molecule has 0 saturated heterocycles. The highest BCUT2D eigenvalue weighted by atomic mass is 19.5. The molecule has 24 heavy (non-hydrogen) atoms. The number of fused-ring (bicyclic) bond motifs is 1. The van der Waals surface area contributed by atoms with Gasteiger partial charge in [-0.15, -0.1) is 0 Å². The van der Waals surface area contributed by atoms with E-state index in [0.717, 1.165) is 22.1 Å². The second-order valence-corrected chi connectivity index (χ2v) is 4.78. The summed E-state index contributed by atoms with van der Waals surface area (Å²) < 4.78 is 50.5. The zero-order valence-corrected chi connectivity index (χ0v) is 12.9. The molecule has 3 rings (SSSR count). The van der Waals surface area contributed by atoms with E-state index in [4.69, 9.17) is 9.15 Å². The third-order valence-electron chi connectivity index (χ3n) is 3.00. The summed E-state index contributed by atoms with van der Waals surface area (Å²) in [5.74, 6) is 1.40. The van der Waals surface area contributed by atoms with Gasteiger partial charge < -0.3 is 22.0 Å². The van der Waals surface area contributed by atoms with E-state index >= 15 is 0 Å². The van der Waals surface area contributed by atoms with Crippen LogP contribution in [-0.4, -0.2) is 13.9 Å². The van der Waals surface area contributed by atoms with Gasteiger partial charge in [0.15, 0.2) is 6.61 Å². The van der Waals surface area contributed by atoms with Crippen molar-refractivity contribution in [3.63, 3.8) is 0 Å². The second-order valence-electron chi connectivity index (χ2n) is 4.78. The van der Waals surface area contributed by atoms with Gasteiger partial charge in [0.25, 0.3) is 5.76 Å². The fourth-order valence-corrected chi connectivity index (χ4v) is 2.12. The second kappa shape index (κ2) is 7.81. The van der Waals surface area contributed by atoms with E-state index in [1.165, 1.54) is 0 Å². The van der Waals surface area contributed by atoms with Crippen molar-refractivity contribution >= 4 is 18.0 Å². The first-order chi connectivity index (χ1) is 11.4. The molecule has 0 spiro atoms. The maximum atomic E-state index is 9.75. The minimum Gasteiger partial charge on any atom is -0.418 e. The number of ether oxygens (including phenoxy) is 1. The monoisotopic (exact) mass is 338 g/mol. The van der Waals surface area contributed by atoms with Crippen LogP contribution in [0.25, 0.3) is 22.1 Å². The average molecular weight is 338 g/mol. The number of halogens is 4. The highest BCUT2D eigenvalue weighted by Gasteiger charge is 2.20. The van der Waals surface area contributed by atoms with Crippen LogP contribution in [-0.2, 0) is 0 Å². The topological polar surface area (TPSA) is 20.5 Å². The summed E-state index contributed by atoms with van der Waals surface area (Å²) in [5, 5.41) is 2.13. The Kier molecular flexibility index (Phi) is 5.79. The van der Waals surface area contributed by atoms with Gasteiger partial charge in [-0.25, -0.2) is 0 Å². The van der Waals surface area contributed by atoms with E-state index in [2.05, 4.69) is 6.07 Å². The van der Waals surface area contributed by atoms with Gasteiger partial charge in [-0.1, -0.05) is 36.4 Å². The smallest absolute Gasteiger partial charge is 0.418 e. The lowest BCUT2D eigenvalue weighted by molar-refractivity contribution is 0.260. The summed E-state index contributed by atoms with van der Waals surface area (Å²) in [4.78, 5) is 0. The summed E-state index contributed by atoms with van der Waals surface area (Å²) in [6.07, 6.45) is 0. The molecule has 0 amide bonds. The Morgan fingerprint density at radius 3 is 2.12 bits per heavy atom. The molecule has 0 saturated carbocycles. The van der Waals surface area contributed by atoms with Gasteiger partial charge >= 0.3 is 13.2 Å². The van der Waals surface area contributed by atoms with Gasteiger partial charge in [0.1, 0.15) is 5.39 Å². The fraction of sp³-hybridized carbons (Fsp3) is 0.118. The van der Waals surface area contributed by atoms with Crippen LogP contribution in [0.5, 0.6) is 5.95 Å². The summed E-state index contributed by atoms with van der Waals surface area (Å²) in [5.41, 5.74) is 1.05. The van der Waals surface area contributed by atoms with Crippen LogP contribution in [0.4, 0.5) is 17.3 Å². The molecule has 0 atom stereocenters. The normalized spacial score (nSPS) is 10.9. The first-order valence-corrected chi connectivity index (χ1v) is 7.30. The lowest BCUT2D eigenvalue weighted by Gasteiger charge is -2.00. The van der Waals surface area contributed by atoms with E-state index in [1.54, 1.807) is 0 Å². The van der Waals surface area contributed by atoms with Crippen LogP contribution in [0.2, 0.25) is 0 Å². The Morgan fingerprint density at radius 1 is 0.917 bits per heavy atom. The van der Waals surface area contributed by atoms with Crippen molar-refractivity contribution in [2.24, 2.45) is 0 Å². The van der Waals surface area contributed by atoms with Crippen LogP contribution in [0, 0.1) is 0 Å². The number of hydrogen-bond donors (Lipinski definition) is 0. The van der Waals surface area contributed by atoms with E-state index < -0.39 is 7.25 Å². The van der Waals surface area contributed by atoms with Crippen molar-refractivity contribution in [1.82, 2.24) is 0 Å². The molecule has 1 aromatic heterocycles. The molecule has 7 heteroatoms. The minimum atomic E-state index is -6.00. The summed E-state index contributed by atoms with van der Waals surface area (Å²) in [6, 6.07) is 20.2. The Balaban J connectivity index is 0.000000368. The first-order valence-electron chi connectivity index (χ1n) is 7.30. The molecule has 2 nitrogen and oxygen atoms in total. The highest BCUT2D eigenvalue weighted by molar-refractivity contribution is 6.50. The van der Waals surface area contributed by atoms with Crippen LogP contribution >= 0.6 is 0 Å². The zero-order chi connectivity index (χ0) is 17.6. The van der Waals surface area contributed by atoms with Crippen LogP contribution in [0.15, 0.2) is 65.1 Å². The lowest BCUT2D eigenvalue weighted by atomic mass is 10.1. The predicted octanol–water partition coefficient (Wildman–Crippen LogP) is 6.08. The van der Waals surface area contributed by atoms with E-state index in [0.29, 0.717) is 12.6 Å². The molecule has 0 N–H and O–H groups in total. The lowest BCUT2D eigenvalue weighted by Crippen LogP contribution is -2.02. The maximum Gasteiger partial charge on any atom is 0.673 e. The van der Waals surface area contributed by atoms with Crippen molar-refractivity contribution in [1.29, 1.82) is 0 Å². The molecule has 2 aromatic carbocycles. The zero-order valence-electron chi connectivity index (χ0n) is 12.9. The molecule has 1 heterocycles. The SMILES string of the molecule is CCOc1[o+]c(-c2ccccc2)cc2ccccc12.F[B-](F)(F)F. The molecule has 126 valence electrons. The molecule has 0 aliphatic heterocycles. The first kappa shape index (κ1) is 17.8. The Labute approximate surface area is 136 Å². The third-order valence-corrected chi connectivity index (χ3v) is 3.00. The Morgan fingerprint density at radius 2 is 1.50 bits per heavy atom. The summed E-state index contributed by atoms with van der Waals surface area (Å²) in [6.45, 7) is 2.55. The fourth-order valence-electron chi connectivity index (χ4n) is 2.12. The quantitative estimate of drug-likeness (QED) is 0.328. The molecular formula is C17H15BF4O2. The number of benzene rings is 2. The highest BCUT2D eigenvalue weighted by Crippen LogP contribution is 2.32. The van der Waals surface area contributed by atoms with Gasteiger partial charge in [0, 0.05) is 17.0 Å². The van der Waals surface area contributed by atoms with E-state index in [9.17, 15) is 17.3 Å². The van der Waals surface area contributed by atoms with Gasteiger partial charge in [0.2, 0.25) is 0 Å². The van der Waals surface area contributed by atoms with E-state index in [1.807, 2.05) is 61.5 Å². The van der Waals surface area contributed by atoms with Crippen LogP contribution < -0.4 is 4.74 Å². The van der Waals surface area contributed by atoms with Gasteiger partial charge in [0.05, 0.1) is 0 Å². The van der Waals surface area contributed by atoms with Crippen molar-refractivity contribution < 1.29 is 26.4 Å². The minimum absolute atomic E-state index is 0.583. The molecule has 0 aliphatic carbocycles. The molecule has 0 unspecified atom stereocenters. The molecular weight excluding hydrogens is 323 g/mol.